The summed E-state index contributed by atoms with van der Waals surface area (Å²) in [4.78, 5) is 0. The Hall–Kier alpha value is -0.0800. The van der Waals surface area contributed by atoms with Crippen LogP contribution < -0.4 is 0 Å². The predicted molar refractivity (Wildman–Crippen MR) is 46.4 cm³/mol. The molecule has 2 unspecified atom stereocenters. The van der Waals surface area contributed by atoms with Gasteiger partial charge in [-0.05, 0) is 18.3 Å². The fraction of sp³-hybridized carbons (Fsp3) is 1.00. The Balaban J connectivity index is 3.76. The second-order valence-corrected chi connectivity index (χ2v) is 3.08. The van der Waals surface area contributed by atoms with Gasteiger partial charge < -0.3 is 10.2 Å². The maximum atomic E-state index is 8.98. The van der Waals surface area contributed by atoms with Crippen LogP contribution in [0, 0.1) is 11.8 Å². The first-order valence-electron chi connectivity index (χ1n) is 4.51. The molecule has 0 amide bonds. The first-order valence-corrected chi connectivity index (χ1v) is 4.51. The minimum atomic E-state index is 0.210. The largest absolute Gasteiger partial charge is 0.396 e. The third kappa shape index (κ3) is 3.73. The van der Waals surface area contributed by atoms with Crippen molar-refractivity contribution < 1.29 is 10.2 Å². The second-order valence-electron chi connectivity index (χ2n) is 3.08. The highest BCUT2D eigenvalue weighted by molar-refractivity contribution is 4.66. The Morgan fingerprint density at radius 3 is 1.82 bits per heavy atom. The van der Waals surface area contributed by atoms with Crippen LogP contribution in [0.25, 0.3) is 0 Å². The molecule has 0 heterocycles. The Kier molecular flexibility index (Phi) is 6.57. The molecule has 0 spiro atoms. The highest BCUT2D eigenvalue weighted by Gasteiger charge is 2.16. The molecular weight excluding hydrogens is 140 g/mol. The summed E-state index contributed by atoms with van der Waals surface area (Å²) in [7, 11) is 0. The Labute approximate surface area is 69.2 Å². The lowest BCUT2D eigenvalue weighted by atomic mass is 9.88. The van der Waals surface area contributed by atoms with Crippen LogP contribution in [-0.4, -0.2) is 23.4 Å². The fourth-order valence-corrected chi connectivity index (χ4v) is 1.46. The van der Waals surface area contributed by atoms with Crippen molar-refractivity contribution in [3.8, 4) is 0 Å². The van der Waals surface area contributed by atoms with Gasteiger partial charge >= 0.3 is 0 Å². The van der Waals surface area contributed by atoms with E-state index in [-0.39, 0.29) is 13.2 Å². The lowest BCUT2D eigenvalue weighted by Crippen LogP contribution is -2.21. The van der Waals surface area contributed by atoms with Crippen molar-refractivity contribution in [1.82, 2.24) is 0 Å². The van der Waals surface area contributed by atoms with Crippen molar-refractivity contribution in [1.29, 1.82) is 0 Å². The number of aliphatic hydroxyl groups excluding tert-OH is 2. The standard InChI is InChI=1S/C9H20O2/c1-3-5-9(7-11)8(4-2)6-10/h8-11H,3-7H2,1-2H3. The summed E-state index contributed by atoms with van der Waals surface area (Å²) in [6.07, 6.45) is 3.07. The number of rotatable bonds is 6. The molecule has 2 heteroatoms. The van der Waals surface area contributed by atoms with Crippen LogP contribution in [0.5, 0.6) is 0 Å². The maximum absolute atomic E-state index is 8.98. The quantitative estimate of drug-likeness (QED) is 0.617. The molecule has 0 aromatic carbocycles. The molecule has 11 heavy (non-hydrogen) atoms. The smallest absolute Gasteiger partial charge is 0.0462 e. The van der Waals surface area contributed by atoms with Crippen molar-refractivity contribution in [2.75, 3.05) is 13.2 Å². The third-order valence-electron chi connectivity index (χ3n) is 2.32. The zero-order valence-electron chi connectivity index (χ0n) is 7.58. The topological polar surface area (TPSA) is 40.5 Å². The van der Waals surface area contributed by atoms with Crippen LogP contribution in [-0.2, 0) is 0 Å². The third-order valence-corrected chi connectivity index (χ3v) is 2.32. The van der Waals surface area contributed by atoms with Gasteiger partial charge in [-0.2, -0.15) is 0 Å². The molecule has 0 aromatic heterocycles. The molecule has 2 atom stereocenters. The average Bonchev–Trinajstić information content (AvgIpc) is 2.05. The number of aliphatic hydroxyl groups is 2. The van der Waals surface area contributed by atoms with Crippen molar-refractivity contribution in [3.63, 3.8) is 0 Å². The Bertz CT molecular complexity index is 79.6. The molecule has 0 aromatic rings. The summed E-state index contributed by atoms with van der Waals surface area (Å²) < 4.78 is 0. The molecule has 0 saturated heterocycles. The SMILES string of the molecule is CCCC(CO)C(CC)CO. The van der Waals surface area contributed by atoms with Crippen LogP contribution in [0.3, 0.4) is 0 Å². The van der Waals surface area contributed by atoms with Gasteiger partial charge in [-0.1, -0.05) is 26.7 Å². The number of hydrogen-bond acceptors (Lipinski definition) is 2. The molecule has 0 fully saturated rings. The van der Waals surface area contributed by atoms with Crippen LogP contribution in [0.4, 0.5) is 0 Å². The Morgan fingerprint density at radius 1 is 1.00 bits per heavy atom. The van der Waals surface area contributed by atoms with Crippen molar-refractivity contribution in [2.45, 2.75) is 33.1 Å². The average molecular weight is 160 g/mol. The molecule has 0 saturated carbocycles. The van der Waals surface area contributed by atoms with E-state index in [0.717, 1.165) is 19.3 Å². The summed E-state index contributed by atoms with van der Waals surface area (Å²) in [5.74, 6) is 0.593. The monoisotopic (exact) mass is 160 g/mol. The van der Waals surface area contributed by atoms with Gasteiger partial charge in [0.2, 0.25) is 0 Å². The van der Waals surface area contributed by atoms with Crippen molar-refractivity contribution in [3.05, 3.63) is 0 Å². The van der Waals surface area contributed by atoms with Gasteiger partial charge in [-0.15, -0.1) is 0 Å². The zero-order chi connectivity index (χ0) is 8.69. The van der Waals surface area contributed by atoms with Crippen molar-refractivity contribution >= 4 is 0 Å². The summed E-state index contributed by atoms with van der Waals surface area (Å²) in [5, 5.41) is 17.9. The van der Waals surface area contributed by atoms with Gasteiger partial charge in [-0.25, -0.2) is 0 Å². The van der Waals surface area contributed by atoms with Crippen LogP contribution in [0.15, 0.2) is 0 Å². The van der Waals surface area contributed by atoms with E-state index in [9.17, 15) is 0 Å². The first kappa shape index (κ1) is 10.9. The molecule has 0 aliphatic heterocycles. The van der Waals surface area contributed by atoms with E-state index in [4.69, 9.17) is 10.2 Å². The Morgan fingerprint density at radius 2 is 1.55 bits per heavy atom. The normalized spacial score (nSPS) is 16.4. The maximum Gasteiger partial charge on any atom is 0.0462 e. The van der Waals surface area contributed by atoms with Crippen LogP contribution in [0.1, 0.15) is 33.1 Å². The van der Waals surface area contributed by atoms with Gasteiger partial charge in [0.1, 0.15) is 0 Å². The molecule has 0 aliphatic carbocycles. The minimum Gasteiger partial charge on any atom is -0.396 e. The predicted octanol–water partition coefficient (Wildman–Crippen LogP) is 1.41. The van der Waals surface area contributed by atoms with Crippen LogP contribution >= 0.6 is 0 Å². The highest BCUT2D eigenvalue weighted by atomic mass is 16.3. The van der Waals surface area contributed by atoms with Gasteiger partial charge in [0.25, 0.3) is 0 Å². The van der Waals surface area contributed by atoms with Gasteiger partial charge in [0.15, 0.2) is 0 Å². The van der Waals surface area contributed by atoms with E-state index in [0.29, 0.717) is 11.8 Å². The lowest BCUT2D eigenvalue weighted by molar-refractivity contribution is 0.111. The van der Waals surface area contributed by atoms with Gasteiger partial charge in [0, 0.05) is 13.2 Å². The van der Waals surface area contributed by atoms with E-state index >= 15 is 0 Å². The highest BCUT2D eigenvalue weighted by Crippen LogP contribution is 2.19. The summed E-state index contributed by atoms with van der Waals surface area (Å²) >= 11 is 0. The fourth-order valence-electron chi connectivity index (χ4n) is 1.46. The minimum absolute atomic E-state index is 0.210. The summed E-state index contributed by atoms with van der Waals surface area (Å²) in [6.45, 7) is 4.58. The molecular formula is C9H20O2. The van der Waals surface area contributed by atoms with Crippen molar-refractivity contribution in [2.24, 2.45) is 11.8 Å². The zero-order valence-corrected chi connectivity index (χ0v) is 7.58. The summed E-state index contributed by atoms with van der Waals surface area (Å²) in [5.41, 5.74) is 0. The van der Waals surface area contributed by atoms with E-state index in [1.54, 1.807) is 0 Å². The number of hydrogen-bond donors (Lipinski definition) is 2. The molecule has 68 valence electrons. The molecule has 2 nitrogen and oxygen atoms in total. The molecule has 0 aliphatic rings. The van der Waals surface area contributed by atoms with E-state index in [2.05, 4.69) is 13.8 Å². The van der Waals surface area contributed by atoms with Gasteiger partial charge in [0.05, 0.1) is 0 Å². The van der Waals surface area contributed by atoms with Crippen LogP contribution in [0.2, 0.25) is 0 Å². The molecule has 2 N–H and O–H groups in total. The molecule has 0 rings (SSSR count). The second kappa shape index (κ2) is 6.62. The lowest BCUT2D eigenvalue weighted by Gasteiger charge is -2.21. The molecule has 0 bridgehead atoms. The molecule has 0 radical (unpaired) electrons. The van der Waals surface area contributed by atoms with E-state index < -0.39 is 0 Å². The van der Waals surface area contributed by atoms with E-state index in [1.807, 2.05) is 0 Å². The van der Waals surface area contributed by atoms with Gasteiger partial charge in [-0.3, -0.25) is 0 Å². The van der Waals surface area contributed by atoms with E-state index in [1.165, 1.54) is 0 Å². The summed E-state index contributed by atoms with van der Waals surface area (Å²) in [6, 6.07) is 0. The first-order chi connectivity index (χ1) is 5.29.